The van der Waals surface area contributed by atoms with Crippen LogP contribution in [0.1, 0.15) is 57.8 Å². The SMILES string of the molecule is CCCCOc1ccc(C=Cc2nc3c(c(=O)n(CCC)c(=O)n3CCC)n2C)cc1. The molecule has 0 bridgehead atoms. The quantitative estimate of drug-likeness (QED) is 0.460. The molecule has 0 unspecified atom stereocenters. The summed E-state index contributed by atoms with van der Waals surface area (Å²) >= 11 is 0. The van der Waals surface area contributed by atoms with Gasteiger partial charge in [-0.3, -0.25) is 13.9 Å². The molecule has 3 aromatic rings. The maximum absolute atomic E-state index is 13.0. The zero-order valence-electron chi connectivity index (χ0n) is 18.9. The Hall–Kier alpha value is -3.09. The summed E-state index contributed by atoms with van der Waals surface area (Å²) in [7, 11) is 1.82. The zero-order valence-corrected chi connectivity index (χ0v) is 18.9. The molecule has 0 fully saturated rings. The molecule has 0 aliphatic heterocycles. The van der Waals surface area contributed by atoms with Gasteiger partial charge < -0.3 is 9.30 Å². The van der Waals surface area contributed by atoms with Crippen molar-refractivity contribution >= 4 is 23.3 Å². The lowest BCUT2D eigenvalue weighted by Crippen LogP contribution is -2.40. The third-order valence-electron chi connectivity index (χ3n) is 5.24. The molecule has 0 amide bonds. The van der Waals surface area contributed by atoms with Crippen LogP contribution in [0.3, 0.4) is 0 Å². The van der Waals surface area contributed by atoms with Crippen molar-refractivity contribution in [3.05, 3.63) is 56.5 Å². The van der Waals surface area contributed by atoms with Gasteiger partial charge in [0, 0.05) is 20.1 Å². The highest BCUT2D eigenvalue weighted by atomic mass is 16.5. The standard InChI is InChI=1S/C24H32N4O3/c1-5-8-17-31-19-12-9-18(10-13-19)11-14-20-25-22-21(26(20)4)23(29)28(16-7-3)24(30)27(22)15-6-2/h9-14H,5-8,15-17H2,1-4H3. The molecule has 7 nitrogen and oxygen atoms in total. The van der Waals surface area contributed by atoms with Gasteiger partial charge in [0.15, 0.2) is 11.2 Å². The van der Waals surface area contributed by atoms with Crippen LogP contribution in [0.4, 0.5) is 0 Å². The summed E-state index contributed by atoms with van der Waals surface area (Å²) in [6, 6.07) is 7.88. The monoisotopic (exact) mass is 424 g/mol. The van der Waals surface area contributed by atoms with Gasteiger partial charge >= 0.3 is 5.69 Å². The van der Waals surface area contributed by atoms with Gasteiger partial charge in [0.25, 0.3) is 5.56 Å². The molecule has 0 spiro atoms. The van der Waals surface area contributed by atoms with Crippen molar-refractivity contribution in [3.8, 4) is 5.75 Å². The fourth-order valence-corrected chi connectivity index (χ4v) is 3.55. The van der Waals surface area contributed by atoms with Crippen LogP contribution >= 0.6 is 0 Å². The van der Waals surface area contributed by atoms with Crippen molar-refractivity contribution in [2.75, 3.05) is 6.61 Å². The molecule has 0 saturated carbocycles. The number of hydrogen-bond donors (Lipinski definition) is 0. The van der Waals surface area contributed by atoms with Crippen LogP contribution in [0.2, 0.25) is 0 Å². The average Bonchev–Trinajstić information content (AvgIpc) is 3.10. The number of aromatic nitrogens is 4. The lowest BCUT2D eigenvalue weighted by molar-refractivity contribution is 0.309. The number of hydrogen-bond acceptors (Lipinski definition) is 4. The van der Waals surface area contributed by atoms with Crippen LogP contribution in [0.5, 0.6) is 5.75 Å². The van der Waals surface area contributed by atoms with Gasteiger partial charge in [-0.1, -0.05) is 45.4 Å². The van der Waals surface area contributed by atoms with Crippen molar-refractivity contribution in [2.45, 2.75) is 59.5 Å². The number of ether oxygens (including phenoxy) is 1. The maximum Gasteiger partial charge on any atom is 0.332 e. The van der Waals surface area contributed by atoms with Gasteiger partial charge in [0.05, 0.1) is 6.61 Å². The minimum atomic E-state index is -0.284. The molecule has 0 atom stereocenters. The molecule has 166 valence electrons. The van der Waals surface area contributed by atoms with Crippen molar-refractivity contribution < 1.29 is 4.74 Å². The molecule has 2 aromatic heterocycles. The molecule has 0 aliphatic rings. The van der Waals surface area contributed by atoms with Gasteiger partial charge in [-0.15, -0.1) is 0 Å². The highest BCUT2D eigenvalue weighted by Crippen LogP contribution is 2.16. The maximum atomic E-state index is 13.0. The van der Waals surface area contributed by atoms with Crippen LogP contribution in [0, 0.1) is 0 Å². The van der Waals surface area contributed by atoms with E-state index in [2.05, 4.69) is 11.9 Å². The Labute approximate surface area is 182 Å². The van der Waals surface area contributed by atoms with E-state index in [1.165, 1.54) is 4.57 Å². The van der Waals surface area contributed by atoms with Gasteiger partial charge in [-0.25, -0.2) is 9.78 Å². The summed E-state index contributed by atoms with van der Waals surface area (Å²) < 4.78 is 10.4. The molecule has 3 rings (SSSR count). The van der Waals surface area contributed by atoms with Gasteiger partial charge in [-0.2, -0.15) is 0 Å². The van der Waals surface area contributed by atoms with E-state index >= 15 is 0 Å². The van der Waals surface area contributed by atoms with Crippen molar-refractivity contribution in [2.24, 2.45) is 7.05 Å². The smallest absolute Gasteiger partial charge is 0.332 e. The minimum Gasteiger partial charge on any atom is -0.494 e. The highest BCUT2D eigenvalue weighted by Gasteiger charge is 2.18. The van der Waals surface area contributed by atoms with Gasteiger partial charge in [-0.05, 0) is 43.0 Å². The Bertz CT molecular complexity index is 1170. The molecule has 1 aromatic carbocycles. The molecule has 0 saturated heterocycles. The number of fused-ring (bicyclic) bond motifs is 1. The summed E-state index contributed by atoms with van der Waals surface area (Å²) in [5.41, 5.74) is 1.35. The Morgan fingerprint density at radius 2 is 1.61 bits per heavy atom. The molecule has 0 aliphatic carbocycles. The number of benzene rings is 1. The number of nitrogens with zero attached hydrogens (tertiary/aromatic N) is 4. The average molecular weight is 425 g/mol. The van der Waals surface area contributed by atoms with Crippen LogP contribution in [-0.4, -0.2) is 25.3 Å². The van der Waals surface area contributed by atoms with Crippen LogP contribution in [0.15, 0.2) is 33.9 Å². The second-order valence-electron chi connectivity index (χ2n) is 7.70. The first kappa shape index (κ1) is 22.6. The lowest BCUT2D eigenvalue weighted by Gasteiger charge is -2.10. The first-order valence-electron chi connectivity index (χ1n) is 11.1. The topological polar surface area (TPSA) is 71.1 Å². The summed E-state index contributed by atoms with van der Waals surface area (Å²) in [5.74, 6) is 1.49. The highest BCUT2D eigenvalue weighted by molar-refractivity contribution is 5.76. The Balaban J connectivity index is 1.97. The van der Waals surface area contributed by atoms with Crippen LogP contribution < -0.4 is 16.0 Å². The summed E-state index contributed by atoms with van der Waals surface area (Å²) in [4.78, 5) is 30.5. The molecule has 0 radical (unpaired) electrons. The molecule has 7 heteroatoms. The molecule has 0 N–H and O–H groups in total. The molecular weight excluding hydrogens is 392 g/mol. The normalized spacial score (nSPS) is 11.6. The second-order valence-corrected chi connectivity index (χ2v) is 7.70. The predicted octanol–water partition coefficient (Wildman–Crippen LogP) is 4.07. The van der Waals surface area contributed by atoms with Crippen LogP contribution in [0.25, 0.3) is 23.3 Å². The van der Waals surface area contributed by atoms with E-state index in [0.29, 0.717) is 30.1 Å². The van der Waals surface area contributed by atoms with Crippen molar-refractivity contribution in [3.63, 3.8) is 0 Å². The van der Waals surface area contributed by atoms with Crippen molar-refractivity contribution in [1.82, 2.24) is 18.7 Å². The van der Waals surface area contributed by atoms with E-state index in [1.54, 1.807) is 9.13 Å². The van der Waals surface area contributed by atoms with E-state index in [9.17, 15) is 9.59 Å². The largest absolute Gasteiger partial charge is 0.494 e. The Kier molecular flexibility index (Phi) is 7.50. The van der Waals surface area contributed by atoms with E-state index in [-0.39, 0.29) is 11.2 Å². The molecule has 2 heterocycles. The third-order valence-corrected chi connectivity index (χ3v) is 5.24. The molecular formula is C24H32N4O3. The lowest BCUT2D eigenvalue weighted by atomic mass is 10.2. The van der Waals surface area contributed by atoms with E-state index in [0.717, 1.165) is 43.6 Å². The summed E-state index contributed by atoms with van der Waals surface area (Å²) in [5, 5.41) is 0. The number of unbranched alkanes of at least 4 members (excludes halogenated alkanes) is 1. The van der Waals surface area contributed by atoms with E-state index < -0.39 is 0 Å². The number of rotatable bonds is 10. The second kappa shape index (κ2) is 10.3. The Morgan fingerprint density at radius 3 is 2.26 bits per heavy atom. The Morgan fingerprint density at radius 1 is 0.935 bits per heavy atom. The van der Waals surface area contributed by atoms with Crippen molar-refractivity contribution in [1.29, 1.82) is 0 Å². The summed E-state index contributed by atoms with van der Waals surface area (Å²) in [6.45, 7) is 7.75. The predicted molar refractivity (Wildman–Crippen MR) is 126 cm³/mol. The van der Waals surface area contributed by atoms with E-state index in [1.807, 2.05) is 57.3 Å². The third kappa shape index (κ3) is 4.81. The van der Waals surface area contributed by atoms with Crippen LogP contribution in [-0.2, 0) is 20.1 Å². The van der Waals surface area contributed by atoms with Gasteiger partial charge in [0.2, 0.25) is 0 Å². The first-order chi connectivity index (χ1) is 15.0. The fraction of sp³-hybridized carbons (Fsp3) is 0.458. The fourth-order valence-electron chi connectivity index (χ4n) is 3.55. The number of aryl methyl sites for hydroxylation is 2. The summed E-state index contributed by atoms with van der Waals surface area (Å²) in [6.07, 6.45) is 7.47. The number of imidazole rings is 1. The first-order valence-corrected chi connectivity index (χ1v) is 11.1. The minimum absolute atomic E-state index is 0.280. The zero-order chi connectivity index (χ0) is 22.4. The van der Waals surface area contributed by atoms with Gasteiger partial charge in [0.1, 0.15) is 11.6 Å². The molecule has 31 heavy (non-hydrogen) atoms. The van der Waals surface area contributed by atoms with E-state index in [4.69, 9.17) is 4.74 Å².